The molecule has 0 spiro atoms. The van der Waals surface area contributed by atoms with E-state index in [1.54, 1.807) is 11.3 Å². The van der Waals surface area contributed by atoms with Crippen molar-refractivity contribution in [3.05, 3.63) is 63.3 Å². The molecule has 0 fully saturated rings. The number of hydrogen-bond donors (Lipinski definition) is 1. The average molecular weight is 380 g/mol. The number of aromatic nitrogens is 1. The predicted molar refractivity (Wildman–Crippen MR) is 92.7 cm³/mol. The topological polar surface area (TPSA) is 17.3 Å². The maximum absolute atomic E-state index is 14.0. The van der Waals surface area contributed by atoms with Crippen LogP contribution >= 0.6 is 27.3 Å². The van der Waals surface area contributed by atoms with Crippen molar-refractivity contribution in [2.75, 3.05) is 7.05 Å². The van der Waals surface area contributed by atoms with E-state index in [0.717, 1.165) is 20.6 Å². The summed E-state index contributed by atoms with van der Waals surface area (Å²) in [6, 6.07) is 13.6. The van der Waals surface area contributed by atoms with Crippen LogP contribution in [0.15, 0.2) is 46.9 Å². The highest BCUT2D eigenvalue weighted by Gasteiger charge is 2.21. The SMILES string of the molecule is C[C@@H](c1nc2ccccc2s1)[NH+](C)Cc1ccc(Br)cc1F. The third-order valence-electron chi connectivity index (χ3n) is 3.90. The molecule has 2 nitrogen and oxygen atoms in total. The van der Waals surface area contributed by atoms with E-state index in [-0.39, 0.29) is 11.9 Å². The number of benzene rings is 2. The highest BCUT2D eigenvalue weighted by molar-refractivity contribution is 9.10. The largest absolute Gasteiger partial charge is 0.326 e. The van der Waals surface area contributed by atoms with E-state index in [2.05, 4.69) is 36.0 Å². The van der Waals surface area contributed by atoms with Gasteiger partial charge in [-0.1, -0.05) is 28.1 Å². The summed E-state index contributed by atoms with van der Waals surface area (Å²) in [5.74, 6) is -0.162. The summed E-state index contributed by atoms with van der Waals surface area (Å²) in [5.41, 5.74) is 1.77. The Morgan fingerprint density at radius 3 is 2.77 bits per heavy atom. The molecule has 114 valence electrons. The highest BCUT2D eigenvalue weighted by Crippen LogP contribution is 2.25. The molecule has 0 aliphatic rings. The van der Waals surface area contributed by atoms with E-state index in [1.807, 2.05) is 30.3 Å². The standard InChI is InChI=1S/C17H16BrFN2S/c1-11(17-20-15-5-3-4-6-16(15)22-17)21(2)10-12-7-8-13(18)9-14(12)19/h3-9,11H,10H2,1-2H3/p+1/t11-/m0/s1. The summed E-state index contributed by atoms with van der Waals surface area (Å²) in [5, 5.41) is 1.09. The van der Waals surface area contributed by atoms with Crippen LogP contribution in [-0.4, -0.2) is 12.0 Å². The molecule has 2 atom stereocenters. The first-order chi connectivity index (χ1) is 10.5. The smallest absolute Gasteiger partial charge is 0.151 e. The predicted octanol–water partition coefficient (Wildman–Crippen LogP) is 3.97. The Bertz CT molecular complexity index is 769. The molecule has 0 saturated heterocycles. The van der Waals surface area contributed by atoms with Gasteiger partial charge in [0.15, 0.2) is 5.01 Å². The van der Waals surface area contributed by atoms with E-state index in [1.165, 1.54) is 15.7 Å². The van der Waals surface area contributed by atoms with Gasteiger partial charge in [0.05, 0.1) is 17.3 Å². The van der Waals surface area contributed by atoms with E-state index < -0.39 is 0 Å². The molecule has 22 heavy (non-hydrogen) atoms. The van der Waals surface area contributed by atoms with Crippen LogP contribution in [0.5, 0.6) is 0 Å². The fourth-order valence-electron chi connectivity index (χ4n) is 2.40. The minimum Gasteiger partial charge on any atom is -0.326 e. The molecule has 0 aliphatic carbocycles. The lowest BCUT2D eigenvalue weighted by Crippen LogP contribution is -3.07. The van der Waals surface area contributed by atoms with Gasteiger partial charge in [0.2, 0.25) is 0 Å². The monoisotopic (exact) mass is 379 g/mol. The Kier molecular flexibility index (Phi) is 4.57. The van der Waals surface area contributed by atoms with Crippen LogP contribution in [0.4, 0.5) is 4.39 Å². The molecule has 5 heteroatoms. The zero-order chi connectivity index (χ0) is 15.7. The molecule has 0 amide bonds. The summed E-state index contributed by atoms with van der Waals surface area (Å²) in [7, 11) is 2.08. The van der Waals surface area contributed by atoms with Crippen molar-refractivity contribution in [1.82, 2.24) is 4.98 Å². The third kappa shape index (κ3) is 3.21. The minimum absolute atomic E-state index is 0.162. The van der Waals surface area contributed by atoms with Crippen molar-refractivity contribution in [2.45, 2.75) is 19.5 Å². The zero-order valence-corrected chi connectivity index (χ0v) is 14.8. The zero-order valence-electron chi connectivity index (χ0n) is 12.4. The molecule has 1 N–H and O–H groups in total. The molecule has 1 heterocycles. The molecule has 0 aliphatic heterocycles. The van der Waals surface area contributed by atoms with Crippen LogP contribution in [-0.2, 0) is 6.54 Å². The van der Waals surface area contributed by atoms with Gasteiger partial charge in [-0.2, -0.15) is 0 Å². The normalized spacial score (nSPS) is 14.2. The number of nitrogens with zero attached hydrogens (tertiary/aromatic N) is 1. The maximum Gasteiger partial charge on any atom is 0.151 e. The molecule has 1 unspecified atom stereocenters. The molecule has 1 aromatic heterocycles. The van der Waals surface area contributed by atoms with Crippen LogP contribution in [0.2, 0.25) is 0 Å². The summed E-state index contributed by atoms with van der Waals surface area (Å²) in [4.78, 5) is 5.93. The van der Waals surface area contributed by atoms with E-state index >= 15 is 0 Å². The molecule has 0 bridgehead atoms. The van der Waals surface area contributed by atoms with Gasteiger partial charge in [0.25, 0.3) is 0 Å². The van der Waals surface area contributed by atoms with Crippen molar-refractivity contribution in [2.24, 2.45) is 0 Å². The Morgan fingerprint density at radius 1 is 1.27 bits per heavy atom. The van der Waals surface area contributed by atoms with Crippen molar-refractivity contribution < 1.29 is 9.29 Å². The molecule has 3 aromatic rings. The van der Waals surface area contributed by atoms with Gasteiger partial charge in [0, 0.05) is 10.0 Å². The number of quaternary nitrogens is 1. The lowest BCUT2D eigenvalue weighted by Gasteiger charge is -2.20. The Balaban J connectivity index is 1.80. The van der Waals surface area contributed by atoms with Gasteiger partial charge in [0.1, 0.15) is 18.4 Å². The quantitative estimate of drug-likeness (QED) is 0.725. The van der Waals surface area contributed by atoms with Gasteiger partial charge in [-0.25, -0.2) is 9.37 Å². The van der Waals surface area contributed by atoms with Gasteiger partial charge in [-0.15, -0.1) is 11.3 Å². The Hall–Kier alpha value is -1.30. The fourth-order valence-corrected chi connectivity index (χ4v) is 3.85. The summed E-state index contributed by atoms with van der Waals surface area (Å²) >= 11 is 5.01. The molecule has 3 rings (SSSR count). The molecular weight excluding hydrogens is 363 g/mol. The molecular formula is C17H17BrFN2S+. The fraction of sp³-hybridized carbons (Fsp3) is 0.235. The van der Waals surface area contributed by atoms with Crippen molar-refractivity contribution in [3.63, 3.8) is 0 Å². The van der Waals surface area contributed by atoms with Gasteiger partial charge in [-0.05, 0) is 37.3 Å². The molecule has 0 radical (unpaired) electrons. The molecule has 0 saturated carbocycles. The van der Waals surface area contributed by atoms with Crippen molar-refractivity contribution >= 4 is 37.5 Å². The number of rotatable bonds is 4. The van der Waals surface area contributed by atoms with Crippen molar-refractivity contribution in [1.29, 1.82) is 0 Å². The number of thiazole rings is 1. The average Bonchev–Trinajstić information content (AvgIpc) is 2.93. The van der Waals surface area contributed by atoms with Crippen LogP contribution in [0.1, 0.15) is 23.5 Å². The first-order valence-electron chi connectivity index (χ1n) is 7.16. The summed E-state index contributed by atoms with van der Waals surface area (Å²) in [6.45, 7) is 2.78. The second-order valence-electron chi connectivity index (χ2n) is 5.50. The number of halogens is 2. The number of hydrogen-bond acceptors (Lipinski definition) is 2. The van der Waals surface area contributed by atoms with Crippen LogP contribution in [0, 0.1) is 5.82 Å². The Morgan fingerprint density at radius 2 is 2.05 bits per heavy atom. The van der Waals surface area contributed by atoms with Crippen LogP contribution in [0.3, 0.4) is 0 Å². The number of nitrogens with one attached hydrogen (secondary N) is 1. The van der Waals surface area contributed by atoms with Crippen molar-refractivity contribution in [3.8, 4) is 0 Å². The second kappa shape index (κ2) is 6.44. The first-order valence-corrected chi connectivity index (χ1v) is 8.77. The van der Waals surface area contributed by atoms with Crippen LogP contribution in [0.25, 0.3) is 10.2 Å². The summed E-state index contributed by atoms with van der Waals surface area (Å²) < 4.78 is 16.0. The van der Waals surface area contributed by atoms with E-state index in [9.17, 15) is 4.39 Å². The Labute approximate surface area is 141 Å². The minimum atomic E-state index is -0.162. The van der Waals surface area contributed by atoms with Crippen LogP contribution < -0.4 is 4.90 Å². The summed E-state index contributed by atoms with van der Waals surface area (Å²) in [6.07, 6.45) is 0. The van der Waals surface area contributed by atoms with E-state index in [4.69, 9.17) is 4.98 Å². The second-order valence-corrected chi connectivity index (χ2v) is 7.48. The third-order valence-corrected chi connectivity index (χ3v) is 5.62. The first kappa shape index (κ1) is 15.6. The number of para-hydroxylation sites is 1. The van der Waals surface area contributed by atoms with Gasteiger partial charge in [-0.3, -0.25) is 0 Å². The lowest BCUT2D eigenvalue weighted by molar-refractivity contribution is -0.924. The highest BCUT2D eigenvalue weighted by atomic mass is 79.9. The van der Waals surface area contributed by atoms with Gasteiger partial charge >= 0.3 is 0 Å². The van der Waals surface area contributed by atoms with Gasteiger partial charge < -0.3 is 4.90 Å². The molecule has 2 aromatic carbocycles. The number of fused-ring (bicyclic) bond motifs is 1. The van der Waals surface area contributed by atoms with E-state index in [0.29, 0.717) is 6.54 Å². The maximum atomic E-state index is 14.0. The lowest BCUT2D eigenvalue weighted by atomic mass is 10.2.